The van der Waals surface area contributed by atoms with E-state index in [1.807, 2.05) is 11.6 Å². The van der Waals surface area contributed by atoms with Crippen molar-refractivity contribution in [3.63, 3.8) is 0 Å². The molecular weight excluding hydrogens is 300 g/mol. The Bertz CT molecular complexity index is 485. The average molecular weight is 311 g/mol. The molecule has 1 aliphatic rings. The van der Waals surface area contributed by atoms with Crippen LogP contribution in [0.3, 0.4) is 0 Å². The number of anilines is 1. The number of nitrogens with zero attached hydrogens (tertiary/aromatic N) is 4. The van der Waals surface area contributed by atoms with Crippen LogP contribution in [-0.2, 0) is 0 Å². The van der Waals surface area contributed by atoms with Gasteiger partial charge in [-0.15, -0.1) is 11.3 Å². The molecule has 17 heavy (non-hydrogen) atoms. The van der Waals surface area contributed by atoms with Crippen molar-refractivity contribution in [2.24, 2.45) is 0 Å². The molecule has 1 aliphatic heterocycles. The Morgan fingerprint density at radius 3 is 2.82 bits per heavy atom. The van der Waals surface area contributed by atoms with Crippen molar-refractivity contribution < 1.29 is 0 Å². The Morgan fingerprint density at radius 2 is 2.12 bits per heavy atom. The van der Waals surface area contributed by atoms with E-state index in [1.165, 1.54) is 6.42 Å². The molecule has 0 amide bonds. The molecule has 0 radical (unpaired) electrons. The molecule has 0 aromatic carbocycles. The zero-order valence-corrected chi connectivity index (χ0v) is 11.5. The highest BCUT2D eigenvalue weighted by Gasteiger charge is 2.29. The average Bonchev–Trinajstić information content (AvgIpc) is 3.00. The molecule has 0 bridgehead atoms. The summed E-state index contributed by atoms with van der Waals surface area (Å²) in [6.45, 7) is 1.01. The van der Waals surface area contributed by atoms with Crippen molar-refractivity contribution in [2.45, 2.75) is 18.9 Å². The van der Waals surface area contributed by atoms with Gasteiger partial charge in [-0.2, -0.15) is 0 Å². The van der Waals surface area contributed by atoms with Crippen molar-refractivity contribution >= 4 is 33.2 Å². The molecule has 0 aliphatic carbocycles. The maximum absolute atomic E-state index is 4.40. The van der Waals surface area contributed by atoms with E-state index in [1.54, 1.807) is 23.7 Å². The fraction of sp³-hybridized carbons (Fsp3) is 0.364. The second-order valence-electron chi connectivity index (χ2n) is 3.92. The molecule has 3 heterocycles. The van der Waals surface area contributed by atoms with Gasteiger partial charge in [0.25, 0.3) is 0 Å². The van der Waals surface area contributed by atoms with E-state index in [2.05, 4.69) is 35.8 Å². The summed E-state index contributed by atoms with van der Waals surface area (Å²) in [5.74, 6) is 0.797. The molecule has 0 N–H and O–H groups in total. The minimum absolute atomic E-state index is 0.344. The molecule has 0 saturated carbocycles. The molecule has 1 atom stereocenters. The minimum atomic E-state index is 0.344. The Balaban J connectivity index is 1.89. The van der Waals surface area contributed by atoms with Crippen molar-refractivity contribution in [3.05, 3.63) is 33.5 Å². The SMILES string of the molecule is Brc1cnc(N2CCCC2c2nccs2)nc1. The van der Waals surface area contributed by atoms with Gasteiger partial charge in [0.2, 0.25) is 5.95 Å². The van der Waals surface area contributed by atoms with Crippen molar-refractivity contribution in [2.75, 3.05) is 11.4 Å². The molecule has 3 rings (SSSR count). The second-order valence-corrected chi connectivity index (χ2v) is 5.76. The van der Waals surface area contributed by atoms with Gasteiger partial charge in [0.15, 0.2) is 0 Å². The summed E-state index contributed by atoms with van der Waals surface area (Å²) in [6, 6.07) is 0.344. The van der Waals surface area contributed by atoms with Crippen LogP contribution in [-0.4, -0.2) is 21.5 Å². The lowest BCUT2D eigenvalue weighted by atomic mass is 10.2. The number of thiazole rings is 1. The van der Waals surface area contributed by atoms with Gasteiger partial charge in [-0.3, -0.25) is 0 Å². The molecule has 1 unspecified atom stereocenters. The normalized spacial score (nSPS) is 19.8. The molecule has 1 saturated heterocycles. The number of hydrogen-bond donors (Lipinski definition) is 0. The quantitative estimate of drug-likeness (QED) is 0.855. The van der Waals surface area contributed by atoms with Gasteiger partial charge in [0.1, 0.15) is 5.01 Å². The Labute approximate surface area is 112 Å². The Morgan fingerprint density at radius 1 is 1.29 bits per heavy atom. The Kier molecular flexibility index (Phi) is 3.07. The standard InChI is InChI=1S/C11H11BrN4S/c12-8-6-14-11(15-7-8)16-4-1-2-9(16)10-13-3-5-17-10/h3,5-7,9H,1-2,4H2. The van der Waals surface area contributed by atoms with Crippen molar-refractivity contribution in [1.29, 1.82) is 0 Å². The van der Waals surface area contributed by atoms with Crippen LogP contribution in [0.1, 0.15) is 23.9 Å². The minimum Gasteiger partial charge on any atom is -0.331 e. The number of halogens is 1. The highest BCUT2D eigenvalue weighted by molar-refractivity contribution is 9.10. The fourth-order valence-electron chi connectivity index (χ4n) is 2.12. The lowest BCUT2D eigenvalue weighted by Crippen LogP contribution is -2.24. The van der Waals surface area contributed by atoms with Gasteiger partial charge in [0, 0.05) is 30.5 Å². The lowest BCUT2D eigenvalue weighted by Gasteiger charge is -2.22. The zero-order valence-electron chi connectivity index (χ0n) is 9.08. The van der Waals surface area contributed by atoms with E-state index in [0.717, 1.165) is 28.4 Å². The topological polar surface area (TPSA) is 41.9 Å². The molecule has 88 valence electrons. The summed E-state index contributed by atoms with van der Waals surface area (Å²) < 4.78 is 0.909. The first-order chi connectivity index (χ1) is 8.34. The third-order valence-electron chi connectivity index (χ3n) is 2.85. The molecular formula is C11H11BrN4S. The highest BCUT2D eigenvalue weighted by atomic mass is 79.9. The van der Waals surface area contributed by atoms with Gasteiger partial charge in [0.05, 0.1) is 10.5 Å². The first kappa shape index (κ1) is 11.1. The number of hydrogen-bond acceptors (Lipinski definition) is 5. The second kappa shape index (κ2) is 4.70. The Hall–Kier alpha value is -1.01. The van der Waals surface area contributed by atoms with Crippen LogP contribution < -0.4 is 4.90 Å². The molecule has 4 nitrogen and oxygen atoms in total. The molecule has 2 aromatic heterocycles. The summed E-state index contributed by atoms with van der Waals surface area (Å²) in [7, 11) is 0. The van der Waals surface area contributed by atoms with E-state index in [0.29, 0.717) is 6.04 Å². The third-order valence-corrected chi connectivity index (χ3v) is 4.14. The van der Waals surface area contributed by atoms with Crippen LogP contribution in [0.5, 0.6) is 0 Å². The summed E-state index contributed by atoms with van der Waals surface area (Å²) in [5.41, 5.74) is 0. The number of aromatic nitrogens is 3. The van der Waals surface area contributed by atoms with Gasteiger partial charge >= 0.3 is 0 Å². The van der Waals surface area contributed by atoms with Crippen LogP contribution in [0, 0.1) is 0 Å². The third kappa shape index (κ3) is 2.19. The van der Waals surface area contributed by atoms with E-state index in [9.17, 15) is 0 Å². The van der Waals surface area contributed by atoms with Gasteiger partial charge in [-0.25, -0.2) is 15.0 Å². The molecule has 2 aromatic rings. The first-order valence-electron chi connectivity index (χ1n) is 5.48. The van der Waals surface area contributed by atoms with Gasteiger partial charge < -0.3 is 4.90 Å². The van der Waals surface area contributed by atoms with E-state index < -0.39 is 0 Å². The maximum atomic E-state index is 4.40. The number of rotatable bonds is 2. The summed E-state index contributed by atoms with van der Waals surface area (Å²) in [4.78, 5) is 15.4. The largest absolute Gasteiger partial charge is 0.331 e. The summed E-state index contributed by atoms with van der Waals surface area (Å²) in [5, 5.41) is 3.18. The van der Waals surface area contributed by atoms with E-state index >= 15 is 0 Å². The lowest BCUT2D eigenvalue weighted by molar-refractivity contribution is 0.695. The monoisotopic (exact) mass is 310 g/mol. The van der Waals surface area contributed by atoms with Crippen molar-refractivity contribution in [3.8, 4) is 0 Å². The highest BCUT2D eigenvalue weighted by Crippen LogP contribution is 2.35. The maximum Gasteiger partial charge on any atom is 0.225 e. The predicted molar refractivity (Wildman–Crippen MR) is 71.2 cm³/mol. The molecule has 1 fully saturated rings. The smallest absolute Gasteiger partial charge is 0.225 e. The van der Waals surface area contributed by atoms with Crippen LogP contribution in [0.15, 0.2) is 28.4 Å². The predicted octanol–water partition coefficient (Wildman–Crippen LogP) is 3.04. The fourth-order valence-corrected chi connectivity index (χ4v) is 3.11. The van der Waals surface area contributed by atoms with Crippen LogP contribution in [0.2, 0.25) is 0 Å². The molecule has 0 spiro atoms. The van der Waals surface area contributed by atoms with Crippen LogP contribution >= 0.6 is 27.3 Å². The van der Waals surface area contributed by atoms with Crippen LogP contribution in [0.4, 0.5) is 5.95 Å². The van der Waals surface area contributed by atoms with Crippen LogP contribution in [0.25, 0.3) is 0 Å². The van der Waals surface area contributed by atoms with Crippen molar-refractivity contribution in [1.82, 2.24) is 15.0 Å². The van der Waals surface area contributed by atoms with Gasteiger partial charge in [-0.1, -0.05) is 0 Å². The van der Waals surface area contributed by atoms with E-state index in [4.69, 9.17) is 0 Å². The van der Waals surface area contributed by atoms with E-state index in [-0.39, 0.29) is 0 Å². The zero-order chi connectivity index (χ0) is 11.7. The van der Waals surface area contributed by atoms with Gasteiger partial charge in [-0.05, 0) is 28.8 Å². The molecule has 6 heteroatoms. The summed E-state index contributed by atoms with van der Waals surface area (Å²) in [6.07, 6.45) is 7.74. The first-order valence-corrected chi connectivity index (χ1v) is 7.15. The summed E-state index contributed by atoms with van der Waals surface area (Å²) >= 11 is 5.06.